The molecule has 2 nitrogen and oxygen atoms in total. The zero-order chi connectivity index (χ0) is 10.6. The van der Waals surface area contributed by atoms with Gasteiger partial charge in [0, 0.05) is 24.5 Å². The summed E-state index contributed by atoms with van der Waals surface area (Å²) in [5.74, 6) is 0.602. The molecule has 0 aliphatic rings. The van der Waals surface area contributed by atoms with E-state index in [-0.39, 0.29) is 0 Å². The number of aryl methyl sites for hydroxylation is 2. The van der Waals surface area contributed by atoms with Crippen molar-refractivity contribution in [3.05, 3.63) is 23.5 Å². The fourth-order valence-corrected chi connectivity index (χ4v) is 1.85. The highest BCUT2D eigenvalue weighted by molar-refractivity contribution is 5.13. The summed E-state index contributed by atoms with van der Waals surface area (Å²) >= 11 is 0. The van der Waals surface area contributed by atoms with Crippen molar-refractivity contribution in [2.24, 2.45) is 5.92 Å². The van der Waals surface area contributed by atoms with Crippen molar-refractivity contribution in [1.82, 2.24) is 4.57 Å². The van der Waals surface area contributed by atoms with E-state index in [1.165, 1.54) is 11.4 Å². The minimum atomic E-state index is 0.303. The van der Waals surface area contributed by atoms with E-state index in [1.807, 2.05) is 0 Å². The zero-order valence-corrected chi connectivity index (χ0v) is 9.45. The fourth-order valence-electron chi connectivity index (χ4n) is 1.85. The Bertz CT molecular complexity index is 258. The predicted octanol–water partition coefficient (Wildman–Crippen LogP) is 2.51. The summed E-state index contributed by atoms with van der Waals surface area (Å²) in [7, 11) is 0. The standard InChI is InChI=1S/C12H21NO/c1-4-12(7-8-14)9-13-10(2)5-6-11(13)3/h5-6,12,14H,4,7-9H2,1-3H3. The highest BCUT2D eigenvalue weighted by Crippen LogP contribution is 2.15. The van der Waals surface area contributed by atoms with Gasteiger partial charge in [0.05, 0.1) is 0 Å². The molecule has 1 atom stereocenters. The second-order valence-electron chi connectivity index (χ2n) is 4.01. The Kier molecular flexibility index (Phi) is 4.21. The van der Waals surface area contributed by atoms with E-state index in [0.717, 1.165) is 19.4 Å². The number of hydrogen-bond acceptors (Lipinski definition) is 1. The van der Waals surface area contributed by atoms with Gasteiger partial charge in [-0.25, -0.2) is 0 Å². The first-order chi connectivity index (χ1) is 6.69. The van der Waals surface area contributed by atoms with Crippen LogP contribution < -0.4 is 0 Å². The third-order valence-electron chi connectivity index (χ3n) is 2.97. The quantitative estimate of drug-likeness (QED) is 0.767. The van der Waals surface area contributed by atoms with Gasteiger partial charge in [-0.3, -0.25) is 0 Å². The molecule has 14 heavy (non-hydrogen) atoms. The molecule has 0 radical (unpaired) electrons. The lowest BCUT2D eigenvalue weighted by molar-refractivity contribution is 0.243. The molecule has 0 bridgehead atoms. The molecule has 1 aromatic rings. The molecule has 1 rings (SSSR count). The van der Waals surface area contributed by atoms with Crippen LogP contribution >= 0.6 is 0 Å². The van der Waals surface area contributed by atoms with Crippen LogP contribution in [0.2, 0.25) is 0 Å². The maximum atomic E-state index is 8.93. The normalized spacial score (nSPS) is 13.1. The minimum absolute atomic E-state index is 0.303. The van der Waals surface area contributed by atoms with E-state index in [2.05, 4.69) is 37.5 Å². The molecular weight excluding hydrogens is 174 g/mol. The summed E-state index contributed by atoms with van der Waals surface area (Å²) in [5.41, 5.74) is 2.64. The topological polar surface area (TPSA) is 25.2 Å². The van der Waals surface area contributed by atoms with Gasteiger partial charge in [0.25, 0.3) is 0 Å². The van der Waals surface area contributed by atoms with Gasteiger partial charge >= 0.3 is 0 Å². The minimum Gasteiger partial charge on any atom is -0.396 e. The van der Waals surface area contributed by atoms with Crippen LogP contribution in [0.3, 0.4) is 0 Å². The van der Waals surface area contributed by atoms with Gasteiger partial charge in [0.15, 0.2) is 0 Å². The van der Waals surface area contributed by atoms with Crippen molar-refractivity contribution in [2.75, 3.05) is 6.61 Å². The molecule has 0 fully saturated rings. The van der Waals surface area contributed by atoms with Crippen LogP contribution in [-0.2, 0) is 6.54 Å². The lowest BCUT2D eigenvalue weighted by atomic mass is 10.0. The molecule has 1 unspecified atom stereocenters. The van der Waals surface area contributed by atoms with E-state index in [0.29, 0.717) is 12.5 Å². The molecule has 2 heteroatoms. The largest absolute Gasteiger partial charge is 0.396 e. The van der Waals surface area contributed by atoms with E-state index < -0.39 is 0 Å². The molecule has 0 saturated carbocycles. The van der Waals surface area contributed by atoms with Gasteiger partial charge in [0.1, 0.15) is 0 Å². The molecule has 80 valence electrons. The summed E-state index contributed by atoms with van der Waals surface area (Å²) in [6.45, 7) is 7.81. The second-order valence-corrected chi connectivity index (χ2v) is 4.01. The van der Waals surface area contributed by atoms with E-state index in [4.69, 9.17) is 5.11 Å². The maximum Gasteiger partial charge on any atom is 0.0434 e. The van der Waals surface area contributed by atoms with Gasteiger partial charge in [-0.2, -0.15) is 0 Å². The number of nitrogens with zero attached hydrogens (tertiary/aromatic N) is 1. The molecular formula is C12H21NO. The first-order valence-corrected chi connectivity index (χ1v) is 5.42. The van der Waals surface area contributed by atoms with Crippen molar-refractivity contribution < 1.29 is 5.11 Å². The number of aliphatic hydroxyl groups excluding tert-OH is 1. The van der Waals surface area contributed by atoms with E-state index in [9.17, 15) is 0 Å². The maximum absolute atomic E-state index is 8.93. The predicted molar refractivity (Wildman–Crippen MR) is 59.4 cm³/mol. The fraction of sp³-hybridized carbons (Fsp3) is 0.667. The smallest absolute Gasteiger partial charge is 0.0434 e. The van der Waals surface area contributed by atoms with Gasteiger partial charge in [-0.1, -0.05) is 13.3 Å². The number of aliphatic hydroxyl groups is 1. The molecule has 0 amide bonds. The Morgan fingerprint density at radius 3 is 2.29 bits per heavy atom. The van der Waals surface area contributed by atoms with Crippen molar-refractivity contribution in [2.45, 2.75) is 40.2 Å². The first-order valence-electron chi connectivity index (χ1n) is 5.42. The number of aromatic nitrogens is 1. The highest BCUT2D eigenvalue weighted by atomic mass is 16.3. The van der Waals surface area contributed by atoms with E-state index in [1.54, 1.807) is 0 Å². The summed E-state index contributed by atoms with van der Waals surface area (Å²) in [6, 6.07) is 4.31. The summed E-state index contributed by atoms with van der Waals surface area (Å²) in [6.07, 6.45) is 2.05. The van der Waals surface area contributed by atoms with Crippen LogP contribution in [0, 0.1) is 19.8 Å². The number of hydrogen-bond donors (Lipinski definition) is 1. The average Bonchev–Trinajstić information content (AvgIpc) is 2.48. The van der Waals surface area contributed by atoms with Crippen molar-refractivity contribution >= 4 is 0 Å². The lowest BCUT2D eigenvalue weighted by Crippen LogP contribution is -2.13. The van der Waals surface area contributed by atoms with Crippen LogP contribution in [0.4, 0.5) is 0 Å². The molecule has 1 N–H and O–H groups in total. The zero-order valence-electron chi connectivity index (χ0n) is 9.45. The number of rotatable bonds is 5. The van der Waals surface area contributed by atoms with E-state index >= 15 is 0 Å². The Morgan fingerprint density at radius 2 is 1.86 bits per heavy atom. The summed E-state index contributed by atoms with van der Waals surface area (Å²) < 4.78 is 2.34. The second kappa shape index (κ2) is 5.20. The first kappa shape index (κ1) is 11.3. The summed E-state index contributed by atoms with van der Waals surface area (Å²) in [5, 5.41) is 8.93. The SMILES string of the molecule is CCC(CCO)Cn1c(C)ccc1C. The molecule has 1 heterocycles. The Balaban J connectivity index is 2.66. The van der Waals surface area contributed by atoms with Crippen LogP contribution in [0.25, 0.3) is 0 Å². The van der Waals surface area contributed by atoms with Crippen LogP contribution in [-0.4, -0.2) is 16.3 Å². The molecule has 0 aliphatic carbocycles. The van der Waals surface area contributed by atoms with Gasteiger partial charge in [0.2, 0.25) is 0 Å². The Hall–Kier alpha value is -0.760. The van der Waals surface area contributed by atoms with Crippen molar-refractivity contribution in [1.29, 1.82) is 0 Å². The molecule has 0 saturated heterocycles. The van der Waals surface area contributed by atoms with Crippen LogP contribution in [0.5, 0.6) is 0 Å². The molecule has 1 aromatic heterocycles. The Labute approximate surface area is 86.6 Å². The van der Waals surface area contributed by atoms with Crippen molar-refractivity contribution in [3.8, 4) is 0 Å². The third-order valence-corrected chi connectivity index (χ3v) is 2.97. The van der Waals surface area contributed by atoms with Gasteiger partial charge in [-0.05, 0) is 38.3 Å². The monoisotopic (exact) mass is 195 g/mol. The van der Waals surface area contributed by atoms with Gasteiger partial charge in [-0.15, -0.1) is 0 Å². The molecule has 0 spiro atoms. The average molecular weight is 195 g/mol. The van der Waals surface area contributed by atoms with Crippen LogP contribution in [0.1, 0.15) is 31.2 Å². The summed E-state index contributed by atoms with van der Waals surface area (Å²) in [4.78, 5) is 0. The molecule has 0 aromatic carbocycles. The lowest BCUT2D eigenvalue weighted by Gasteiger charge is -2.17. The highest BCUT2D eigenvalue weighted by Gasteiger charge is 2.09. The Morgan fingerprint density at radius 1 is 1.29 bits per heavy atom. The third kappa shape index (κ3) is 2.61. The van der Waals surface area contributed by atoms with Gasteiger partial charge < -0.3 is 9.67 Å². The van der Waals surface area contributed by atoms with Crippen LogP contribution in [0.15, 0.2) is 12.1 Å². The molecule has 0 aliphatic heterocycles. The van der Waals surface area contributed by atoms with Crippen molar-refractivity contribution in [3.63, 3.8) is 0 Å².